The largest absolute Gasteiger partial charge is 0.455 e. The van der Waals surface area contributed by atoms with Crippen molar-refractivity contribution in [1.29, 1.82) is 0 Å². The van der Waals surface area contributed by atoms with Gasteiger partial charge < -0.3 is 54.0 Å². The van der Waals surface area contributed by atoms with Crippen molar-refractivity contribution in [3.8, 4) is 0 Å². The van der Waals surface area contributed by atoms with Crippen molar-refractivity contribution in [2.75, 3.05) is 19.8 Å². The Morgan fingerprint density at radius 1 is 0.814 bits per heavy atom. The summed E-state index contributed by atoms with van der Waals surface area (Å²) >= 11 is 0. The lowest BCUT2D eigenvalue weighted by Crippen LogP contribution is -2.65. The van der Waals surface area contributed by atoms with E-state index in [4.69, 9.17) is 28.4 Å². The number of rotatable bonds is 16. The first-order valence-corrected chi connectivity index (χ1v) is 15.1. The molecule has 2 aliphatic heterocycles. The van der Waals surface area contributed by atoms with E-state index >= 15 is 0 Å². The van der Waals surface area contributed by atoms with E-state index in [1.54, 1.807) is 27.7 Å². The third-order valence-corrected chi connectivity index (χ3v) is 7.96. The maximum atomic E-state index is 13.1. The van der Waals surface area contributed by atoms with Crippen LogP contribution in [0, 0.1) is 17.8 Å². The van der Waals surface area contributed by atoms with Crippen molar-refractivity contribution in [2.45, 2.75) is 128 Å². The Bertz CT molecular complexity index is 898. The van der Waals surface area contributed by atoms with Crippen molar-refractivity contribution in [2.24, 2.45) is 17.8 Å². The standard InChI is InChI=1S/C29H50O14/c1-7-16(5)26(36)40-22-19(13-31)38-28(43-29(14-32)25(35)21(34)18(12-30)42-29)24(41-27(37)17(6)8-2)23(22)39-20(33)11-9-10-15(3)4/h15-19,21-25,28,30-32,34-35H,7-14H2,1-6H3/t16?,17?,18-,19-,21-,22-,23+,24-,25+,28-,29+/m1/s1. The van der Waals surface area contributed by atoms with E-state index in [0.29, 0.717) is 25.2 Å². The van der Waals surface area contributed by atoms with Gasteiger partial charge >= 0.3 is 17.9 Å². The Labute approximate surface area is 252 Å². The zero-order valence-electron chi connectivity index (χ0n) is 25.9. The van der Waals surface area contributed by atoms with Gasteiger partial charge in [-0.3, -0.25) is 14.4 Å². The van der Waals surface area contributed by atoms with Gasteiger partial charge in [0.15, 0.2) is 18.3 Å². The molecular formula is C29H50O14. The number of carbonyl (C=O) groups excluding carboxylic acids is 3. The van der Waals surface area contributed by atoms with Crippen LogP contribution in [0.25, 0.3) is 0 Å². The molecule has 0 aromatic carbocycles. The number of hydrogen-bond acceptors (Lipinski definition) is 14. The number of aliphatic hydroxyl groups is 5. The molecule has 0 bridgehead atoms. The molecule has 0 aliphatic carbocycles. The average Bonchev–Trinajstić information content (AvgIpc) is 3.23. The van der Waals surface area contributed by atoms with Gasteiger partial charge in [0.1, 0.15) is 31.0 Å². The Morgan fingerprint density at radius 3 is 1.84 bits per heavy atom. The summed E-state index contributed by atoms with van der Waals surface area (Å²) in [6.07, 6.45) is -10.7. The summed E-state index contributed by atoms with van der Waals surface area (Å²) in [4.78, 5) is 39.0. The summed E-state index contributed by atoms with van der Waals surface area (Å²) in [6.45, 7) is 8.23. The molecule has 11 atom stereocenters. The molecule has 0 amide bonds. The van der Waals surface area contributed by atoms with Gasteiger partial charge in [-0.05, 0) is 25.2 Å². The normalized spacial score (nSPS) is 34.0. The van der Waals surface area contributed by atoms with Crippen molar-refractivity contribution >= 4 is 17.9 Å². The molecule has 2 aliphatic rings. The highest BCUT2D eigenvalue weighted by Crippen LogP contribution is 2.38. The van der Waals surface area contributed by atoms with Crippen LogP contribution in [-0.2, 0) is 42.8 Å². The molecule has 0 aromatic rings. The van der Waals surface area contributed by atoms with Crippen LogP contribution in [0.4, 0.5) is 0 Å². The summed E-state index contributed by atoms with van der Waals surface area (Å²) in [5.74, 6) is -5.33. The average molecular weight is 623 g/mol. The first-order chi connectivity index (χ1) is 20.3. The number of esters is 3. The molecule has 2 saturated heterocycles. The molecule has 14 nitrogen and oxygen atoms in total. The Hall–Kier alpha value is -1.91. The molecule has 2 fully saturated rings. The molecular weight excluding hydrogens is 572 g/mol. The third kappa shape index (κ3) is 9.30. The minimum absolute atomic E-state index is 0.00428. The SMILES string of the molecule is CCC(C)C(=O)O[C@H]1[C@@H](O[C@]2(CO)O[C@H](CO)[C@@H](O)[C@@H]2O)O[C@H](CO)[C@@H](OC(=O)C(C)CC)[C@@H]1OC(=O)CCCC(C)C. The van der Waals surface area contributed by atoms with Crippen molar-refractivity contribution in [3.05, 3.63) is 0 Å². The van der Waals surface area contributed by atoms with E-state index in [1.807, 2.05) is 13.8 Å². The molecule has 2 heterocycles. The molecule has 0 aromatic heterocycles. The Kier molecular flexibility index (Phi) is 14.7. The van der Waals surface area contributed by atoms with Crippen LogP contribution in [0.15, 0.2) is 0 Å². The van der Waals surface area contributed by atoms with E-state index < -0.39 is 104 Å². The fraction of sp³-hybridized carbons (Fsp3) is 0.897. The zero-order chi connectivity index (χ0) is 32.5. The van der Waals surface area contributed by atoms with Crippen LogP contribution in [0.3, 0.4) is 0 Å². The van der Waals surface area contributed by atoms with Crippen LogP contribution in [-0.4, -0.2) is 118 Å². The predicted molar refractivity (Wildman–Crippen MR) is 148 cm³/mol. The Morgan fingerprint density at radius 2 is 1.37 bits per heavy atom. The van der Waals surface area contributed by atoms with E-state index in [-0.39, 0.29) is 6.42 Å². The maximum absolute atomic E-state index is 13.1. The van der Waals surface area contributed by atoms with Gasteiger partial charge in [0, 0.05) is 6.42 Å². The molecule has 2 rings (SSSR count). The number of hydrogen-bond donors (Lipinski definition) is 5. The highest BCUT2D eigenvalue weighted by molar-refractivity contribution is 5.73. The second-order valence-electron chi connectivity index (χ2n) is 11.7. The minimum atomic E-state index is -2.37. The maximum Gasteiger partial charge on any atom is 0.309 e. The molecule has 2 unspecified atom stereocenters. The lowest BCUT2D eigenvalue weighted by molar-refractivity contribution is -0.384. The summed E-state index contributed by atoms with van der Waals surface area (Å²) in [7, 11) is 0. The van der Waals surface area contributed by atoms with Crippen LogP contribution in [0.1, 0.15) is 73.6 Å². The van der Waals surface area contributed by atoms with E-state index in [1.165, 1.54) is 0 Å². The van der Waals surface area contributed by atoms with Gasteiger partial charge in [-0.15, -0.1) is 0 Å². The monoisotopic (exact) mass is 622 g/mol. The fourth-order valence-electron chi connectivity index (χ4n) is 4.69. The van der Waals surface area contributed by atoms with Crippen LogP contribution >= 0.6 is 0 Å². The highest BCUT2D eigenvalue weighted by Gasteiger charge is 2.60. The minimum Gasteiger partial charge on any atom is -0.455 e. The molecule has 0 spiro atoms. The fourth-order valence-corrected chi connectivity index (χ4v) is 4.69. The summed E-state index contributed by atoms with van der Waals surface area (Å²) < 4.78 is 34.5. The summed E-state index contributed by atoms with van der Waals surface area (Å²) in [5.41, 5.74) is 0. The van der Waals surface area contributed by atoms with Gasteiger partial charge in [-0.1, -0.05) is 48.0 Å². The summed E-state index contributed by atoms with van der Waals surface area (Å²) in [6, 6.07) is 0. The van der Waals surface area contributed by atoms with Crippen molar-refractivity contribution in [3.63, 3.8) is 0 Å². The lowest BCUT2D eigenvalue weighted by Gasteiger charge is -2.46. The molecule has 5 N–H and O–H groups in total. The van der Waals surface area contributed by atoms with Crippen molar-refractivity contribution < 1.29 is 68.3 Å². The first kappa shape index (κ1) is 37.3. The third-order valence-electron chi connectivity index (χ3n) is 7.96. The van der Waals surface area contributed by atoms with E-state index in [2.05, 4.69) is 0 Å². The number of carbonyl (C=O) groups is 3. The molecule has 0 saturated carbocycles. The van der Waals surface area contributed by atoms with Crippen LogP contribution < -0.4 is 0 Å². The smallest absolute Gasteiger partial charge is 0.309 e. The Balaban J connectivity index is 2.56. The first-order valence-electron chi connectivity index (χ1n) is 15.1. The highest BCUT2D eigenvalue weighted by atomic mass is 16.8. The number of ether oxygens (including phenoxy) is 6. The van der Waals surface area contributed by atoms with Gasteiger partial charge in [0.25, 0.3) is 0 Å². The topological polar surface area (TPSA) is 208 Å². The molecule has 0 radical (unpaired) electrons. The number of aliphatic hydroxyl groups excluding tert-OH is 5. The second-order valence-corrected chi connectivity index (χ2v) is 11.7. The van der Waals surface area contributed by atoms with Gasteiger partial charge in [-0.25, -0.2) is 0 Å². The zero-order valence-corrected chi connectivity index (χ0v) is 25.9. The van der Waals surface area contributed by atoms with Crippen LogP contribution in [0.5, 0.6) is 0 Å². The quantitative estimate of drug-likeness (QED) is 0.115. The van der Waals surface area contributed by atoms with E-state index in [9.17, 15) is 39.9 Å². The van der Waals surface area contributed by atoms with Crippen LogP contribution in [0.2, 0.25) is 0 Å². The van der Waals surface area contributed by atoms with E-state index in [0.717, 1.165) is 6.42 Å². The second kappa shape index (κ2) is 17.0. The predicted octanol–water partition coefficient (Wildman–Crippen LogP) is 0.176. The van der Waals surface area contributed by atoms with Gasteiger partial charge in [0.2, 0.25) is 12.1 Å². The molecule has 14 heteroatoms. The summed E-state index contributed by atoms with van der Waals surface area (Å²) in [5, 5.41) is 51.2. The van der Waals surface area contributed by atoms with Gasteiger partial charge in [0.05, 0.1) is 25.0 Å². The molecule has 250 valence electrons. The molecule has 43 heavy (non-hydrogen) atoms. The van der Waals surface area contributed by atoms with Crippen molar-refractivity contribution in [1.82, 2.24) is 0 Å². The lowest BCUT2D eigenvalue weighted by atomic mass is 9.97. The van der Waals surface area contributed by atoms with Gasteiger partial charge in [-0.2, -0.15) is 0 Å².